The third kappa shape index (κ3) is 2.69. The summed E-state index contributed by atoms with van der Waals surface area (Å²) < 4.78 is 1.15. The molecule has 2 atom stereocenters. The Morgan fingerprint density at radius 3 is 2.50 bits per heavy atom. The zero-order valence-electron chi connectivity index (χ0n) is 14.9. The monoisotopic (exact) mass is 409 g/mol. The second kappa shape index (κ2) is 6.33. The van der Waals surface area contributed by atoms with Crippen LogP contribution in [0.2, 0.25) is 0 Å². The van der Waals surface area contributed by atoms with Crippen LogP contribution >= 0.6 is 15.9 Å². The van der Waals surface area contributed by atoms with Crippen molar-refractivity contribution in [2.75, 3.05) is 13.1 Å². The van der Waals surface area contributed by atoms with Gasteiger partial charge in [-0.25, -0.2) is 0 Å². The smallest absolute Gasteiger partial charge is 0.0738 e. The molecule has 0 aromatic heterocycles. The first-order valence-electron chi connectivity index (χ1n) is 9.63. The van der Waals surface area contributed by atoms with Crippen molar-refractivity contribution in [3.05, 3.63) is 75.3 Å². The molecule has 0 saturated carbocycles. The Hall–Kier alpha value is -1.42. The standard InChI is InChI=1S/C23H24BrNO/c24-19-5-6-20-18(13-19)7-8-23(20)9-11-25(12-10-23)21-14-16-3-1-2-4-17(16)15-22(21)26/h1-8,13,21-22,26H,9-12,14-15H2. The molecule has 2 unspecified atom stereocenters. The van der Waals surface area contributed by atoms with Gasteiger partial charge in [0.2, 0.25) is 0 Å². The number of benzene rings is 2. The van der Waals surface area contributed by atoms with E-state index >= 15 is 0 Å². The lowest BCUT2D eigenvalue weighted by atomic mass is 9.73. The molecule has 0 radical (unpaired) electrons. The number of aliphatic hydroxyl groups is 1. The largest absolute Gasteiger partial charge is 0.391 e. The van der Waals surface area contributed by atoms with E-state index in [2.05, 4.69) is 75.4 Å². The molecule has 2 aliphatic carbocycles. The summed E-state index contributed by atoms with van der Waals surface area (Å²) in [5.41, 5.74) is 5.78. The van der Waals surface area contributed by atoms with Crippen molar-refractivity contribution in [2.24, 2.45) is 0 Å². The first-order chi connectivity index (χ1) is 12.6. The van der Waals surface area contributed by atoms with E-state index in [0.717, 1.165) is 43.2 Å². The van der Waals surface area contributed by atoms with Gasteiger partial charge in [0.1, 0.15) is 0 Å². The molecule has 2 nitrogen and oxygen atoms in total. The molecule has 1 aliphatic heterocycles. The number of fused-ring (bicyclic) bond motifs is 3. The Bertz CT molecular complexity index is 866. The number of rotatable bonds is 1. The second-order valence-electron chi connectivity index (χ2n) is 8.07. The van der Waals surface area contributed by atoms with Gasteiger partial charge in [0.05, 0.1) is 6.10 Å². The third-order valence-corrected chi connectivity index (χ3v) is 7.21. The van der Waals surface area contributed by atoms with E-state index in [1.54, 1.807) is 0 Å². The van der Waals surface area contributed by atoms with Crippen molar-refractivity contribution in [1.29, 1.82) is 0 Å². The van der Waals surface area contributed by atoms with Crippen LogP contribution in [0.4, 0.5) is 0 Å². The van der Waals surface area contributed by atoms with Gasteiger partial charge in [0, 0.05) is 22.4 Å². The topological polar surface area (TPSA) is 23.5 Å². The van der Waals surface area contributed by atoms with Crippen molar-refractivity contribution < 1.29 is 5.11 Å². The molecule has 2 aromatic carbocycles. The van der Waals surface area contributed by atoms with Crippen molar-refractivity contribution in [3.63, 3.8) is 0 Å². The number of hydrogen-bond donors (Lipinski definition) is 1. The van der Waals surface area contributed by atoms with Crippen LogP contribution in [-0.2, 0) is 18.3 Å². The van der Waals surface area contributed by atoms with Crippen LogP contribution in [0.1, 0.15) is 35.1 Å². The molecule has 1 spiro atoms. The van der Waals surface area contributed by atoms with Crippen LogP contribution in [0.15, 0.2) is 53.0 Å². The number of halogens is 1. The highest BCUT2D eigenvalue weighted by Crippen LogP contribution is 2.45. The van der Waals surface area contributed by atoms with Gasteiger partial charge in [-0.2, -0.15) is 0 Å². The van der Waals surface area contributed by atoms with E-state index in [1.807, 2.05) is 0 Å². The summed E-state index contributed by atoms with van der Waals surface area (Å²) in [5.74, 6) is 0. The highest BCUT2D eigenvalue weighted by Gasteiger charge is 2.41. The van der Waals surface area contributed by atoms with Crippen LogP contribution in [0.5, 0.6) is 0 Å². The first kappa shape index (κ1) is 16.7. The minimum atomic E-state index is -0.249. The van der Waals surface area contributed by atoms with E-state index < -0.39 is 0 Å². The number of hydrogen-bond acceptors (Lipinski definition) is 2. The minimum absolute atomic E-state index is 0.198. The fourth-order valence-electron chi connectivity index (χ4n) is 5.21. The number of nitrogens with zero attached hydrogens (tertiary/aromatic N) is 1. The second-order valence-corrected chi connectivity index (χ2v) is 8.98. The fourth-order valence-corrected chi connectivity index (χ4v) is 5.58. The quantitative estimate of drug-likeness (QED) is 0.756. The van der Waals surface area contributed by atoms with Gasteiger partial charge in [-0.3, -0.25) is 4.90 Å². The Labute approximate surface area is 163 Å². The molecule has 1 heterocycles. The fraction of sp³-hybridized carbons (Fsp3) is 0.391. The molecule has 3 heteroatoms. The molecule has 0 amide bonds. The Kier molecular flexibility index (Phi) is 4.07. The minimum Gasteiger partial charge on any atom is -0.391 e. The third-order valence-electron chi connectivity index (χ3n) is 6.71. The van der Waals surface area contributed by atoms with Gasteiger partial charge in [-0.05, 0) is 66.7 Å². The molecule has 0 bridgehead atoms. The van der Waals surface area contributed by atoms with E-state index in [4.69, 9.17) is 0 Å². The molecule has 134 valence electrons. The molecular formula is C23H24BrNO. The number of allylic oxidation sites excluding steroid dienone is 1. The van der Waals surface area contributed by atoms with E-state index in [1.165, 1.54) is 22.3 Å². The molecule has 1 saturated heterocycles. The summed E-state index contributed by atoms with van der Waals surface area (Å²) in [6.07, 6.45) is 8.52. The molecule has 1 N–H and O–H groups in total. The van der Waals surface area contributed by atoms with Crippen molar-refractivity contribution in [2.45, 2.75) is 43.2 Å². The average molecular weight is 410 g/mol. The summed E-state index contributed by atoms with van der Waals surface area (Å²) >= 11 is 3.59. The van der Waals surface area contributed by atoms with E-state index in [9.17, 15) is 5.11 Å². The van der Waals surface area contributed by atoms with Gasteiger partial charge < -0.3 is 5.11 Å². The summed E-state index contributed by atoms with van der Waals surface area (Å²) in [4.78, 5) is 2.54. The van der Waals surface area contributed by atoms with Crippen LogP contribution in [-0.4, -0.2) is 35.2 Å². The Morgan fingerprint density at radius 2 is 1.73 bits per heavy atom. The maximum Gasteiger partial charge on any atom is 0.0738 e. The lowest BCUT2D eigenvalue weighted by molar-refractivity contribution is 0.0237. The predicted octanol–water partition coefficient (Wildman–Crippen LogP) is 4.34. The van der Waals surface area contributed by atoms with E-state index in [-0.39, 0.29) is 17.6 Å². The van der Waals surface area contributed by atoms with Crippen LogP contribution in [0.3, 0.4) is 0 Å². The van der Waals surface area contributed by atoms with Gasteiger partial charge in [-0.1, -0.05) is 58.4 Å². The van der Waals surface area contributed by atoms with Gasteiger partial charge in [0.25, 0.3) is 0 Å². The molecule has 5 rings (SSSR count). The van der Waals surface area contributed by atoms with Crippen LogP contribution in [0.25, 0.3) is 6.08 Å². The zero-order chi connectivity index (χ0) is 17.7. The molecule has 26 heavy (non-hydrogen) atoms. The molecule has 3 aliphatic rings. The summed E-state index contributed by atoms with van der Waals surface area (Å²) in [5, 5.41) is 10.8. The number of aliphatic hydroxyl groups excluding tert-OH is 1. The van der Waals surface area contributed by atoms with Crippen molar-refractivity contribution in [1.82, 2.24) is 4.90 Å². The lowest BCUT2D eigenvalue weighted by Gasteiger charge is -2.45. The molecule has 1 fully saturated rings. The maximum absolute atomic E-state index is 10.8. The van der Waals surface area contributed by atoms with Gasteiger partial charge in [0.15, 0.2) is 0 Å². The summed E-state index contributed by atoms with van der Waals surface area (Å²) in [6.45, 7) is 2.12. The number of piperidine rings is 1. The van der Waals surface area contributed by atoms with Gasteiger partial charge >= 0.3 is 0 Å². The Balaban J connectivity index is 1.34. The maximum atomic E-state index is 10.8. The zero-order valence-corrected chi connectivity index (χ0v) is 16.5. The van der Waals surface area contributed by atoms with E-state index in [0.29, 0.717) is 0 Å². The summed E-state index contributed by atoms with van der Waals surface area (Å²) in [6, 6.07) is 15.6. The number of likely N-dealkylation sites (tertiary alicyclic amines) is 1. The highest BCUT2D eigenvalue weighted by molar-refractivity contribution is 9.10. The lowest BCUT2D eigenvalue weighted by Crippen LogP contribution is -2.53. The Morgan fingerprint density at radius 1 is 1.00 bits per heavy atom. The molecule has 2 aromatic rings. The normalized spacial score (nSPS) is 26.7. The molecular weight excluding hydrogens is 386 g/mol. The van der Waals surface area contributed by atoms with Crippen LogP contribution < -0.4 is 0 Å². The van der Waals surface area contributed by atoms with Crippen molar-refractivity contribution >= 4 is 22.0 Å². The predicted molar refractivity (Wildman–Crippen MR) is 109 cm³/mol. The van der Waals surface area contributed by atoms with Gasteiger partial charge in [-0.15, -0.1) is 0 Å². The summed E-state index contributed by atoms with van der Waals surface area (Å²) in [7, 11) is 0. The van der Waals surface area contributed by atoms with Crippen molar-refractivity contribution in [3.8, 4) is 0 Å². The highest BCUT2D eigenvalue weighted by atomic mass is 79.9. The first-order valence-corrected chi connectivity index (χ1v) is 10.4. The SMILES string of the molecule is OC1Cc2ccccc2CC1N1CCC2(C=Cc3cc(Br)ccc32)CC1. The van der Waals surface area contributed by atoms with Crippen LogP contribution in [0, 0.1) is 0 Å². The average Bonchev–Trinajstić information content (AvgIpc) is 2.99.